The average molecular weight is 436 g/mol. The summed E-state index contributed by atoms with van der Waals surface area (Å²) >= 11 is 12.5. The molecule has 1 fully saturated rings. The maximum Gasteiger partial charge on any atom is 0.286 e. The molecule has 0 radical (unpaired) electrons. The maximum atomic E-state index is 12.7. The van der Waals surface area contributed by atoms with Gasteiger partial charge in [0.1, 0.15) is 11.9 Å². The van der Waals surface area contributed by atoms with E-state index in [1.807, 2.05) is 6.20 Å². The van der Waals surface area contributed by atoms with Crippen LogP contribution >= 0.6 is 23.2 Å². The van der Waals surface area contributed by atoms with Crippen LogP contribution in [0.5, 0.6) is 0 Å². The van der Waals surface area contributed by atoms with E-state index in [9.17, 15) is 9.59 Å². The van der Waals surface area contributed by atoms with Crippen molar-refractivity contribution in [3.05, 3.63) is 40.3 Å². The highest BCUT2D eigenvalue weighted by molar-refractivity contribution is 6.45. The molecule has 1 aromatic carbocycles. The molecule has 1 aliphatic rings. The van der Waals surface area contributed by atoms with Crippen LogP contribution in [-0.4, -0.2) is 33.2 Å². The van der Waals surface area contributed by atoms with E-state index < -0.39 is 5.91 Å². The highest BCUT2D eigenvalue weighted by atomic mass is 35.5. The smallest absolute Gasteiger partial charge is 0.286 e. The Balaban J connectivity index is 1.80. The minimum atomic E-state index is -0.514. The van der Waals surface area contributed by atoms with Gasteiger partial charge in [0.15, 0.2) is 0 Å². The highest BCUT2D eigenvalue weighted by Gasteiger charge is 2.24. The predicted molar refractivity (Wildman–Crippen MR) is 110 cm³/mol. The maximum absolute atomic E-state index is 12.7. The number of hydrazine groups is 1. The van der Waals surface area contributed by atoms with Gasteiger partial charge in [-0.2, -0.15) is 5.10 Å². The molecule has 0 spiro atoms. The summed E-state index contributed by atoms with van der Waals surface area (Å²) in [6.45, 7) is 2.00. The Bertz CT molecular complexity index is 1090. The van der Waals surface area contributed by atoms with Gasteiger partial charge in [0.25, 0.3) is 5.91 Å². The van der Waals surface area contributed by atoms with Gasteiger partial charge in [-0.15, -0.1) is 0 Å². The second-order valence-electron chi connectivity index (χ2n) is 6.82. The van der Waals surface area contributed by atoms with E-state index in [4.69, 9.17) is 27.9 Å². The van der Waals surface area contributed by atoms with Gasteiger partial charge in [0.05, 0.1) is 21.8 Å². The Morgan fingerprint density at radius 3 is 2.83 bits per heavy atom. The largest absolute Gasteiger partial charge is 0.357 e. The summed E-state index contributed by atoms with van der Waals surface area (Å²) in [6, 6.07) is 3.47. The number of hydrogen-bond acceptors (Lipinski definition) is 4. The molecule has 2 amide bonds. The zero-order valence-corrected chi connectivity index (χ0v) is 17.1. The second-order valence-corrected chi connectivity index (χ2v) is 7.61. The van der Waals surface area contributed by atoms with E-state index in [0.29, 0.717) is 27.7 Å². The number of nitrogens with one attached hydrogen (secondary N) is 3. The van der Waals surface area contributed by atoms with Crippen LogP contribution in [0.4, 0.5) is 0 Å². The van der Waals surface area contributed by atoms with Crippen molar-refractivity contribution < 1.29 is 14.3 Å². The summed E-state index contributed by atoms with van der Waals surface area (Å²) in [4.78, 5) is 27.0. The number of rotatable bonds is 3. The number of H-pyrrole nitrogens is 1. The molecule has 3 N–H and O–H groups in total. The van der Waals surface area contributed by atoms with Crippen molar-refractivity contribution in [1.82, 2.24) is 25.6 Å². The molecular weight excluding hydrogens is 417 g/mol. The number of hydrogen-bond donors (Lipinski definition) is 3. The molecule has 1 unspecified atom stereocenters. The molecule has 2 aromatic heterocycles. The van der Waals surface area contributed by atoms with Crippen LogP contribution in [0.3, 0.4) is 0 Å². The summed E-state index contributed by atoms with van der Waals surface area (Å²) < 4.78 is 7.55. The molecule has 4 rings (SSSR count). The molecule has 3 heterocycles. The van der Waals surface area contributed by atoms with Gasteiger partial charge in [-0.25, -0.2) is 4.68 Å². The second kappa shape index (κ2) is 8.06. The highest BCUT2D eigenvalue weighted by Crippen LogP contribution is 2.38. The van der Waals surface area contributed by atoms with Crippen LogP contribution in [-0.2, 0) is 9.53 Å². The van der Waals surface area contributed by atoms with Crippen LogP contribution in [0.15, 0.2) is 24.5 Å². The van der Waals surface area contributed by atoms with Crippen molar-refractivity contribution >= 4 is 45.9 Å². The van der Waals surface area contributed by atoms with Crippen molar-refractivity contribution in [3.8, 4) is 11.1 Å². The molecule has 0 saturated carbocycles. The van der Waals surface area contributed by atoms with E-state index in [1.54, 1.807) is 23.0 Å². The van der Waals surface area contributed by atoms with Gasteiger partial charge in [0, 0.05) is 36.2 Å². The van der Waals surface area contributed by atoms with Crippen molar-refractivity contribution in [3.63, 3.8) is 0 Å². The fraction of sp³-hybridized carbons (Fsp3) is 0.316. The number of aromatic amines is 1. The summed E-state index contributed by atoms with van der Waals surface area (Å²) in [5.41, 5.74) is 6.77. The molecule has 8 nitrogen and oxygen atoms in total. The Hall–Kier alpha value is -2.55. The topological polar surface area (TPSA) is 101 Å². The first-order valence-corrected chi connectivity index (χ1v) is 9.94. The van der Waals surface area contributed by atoms with E-state index >= 15 is 0 Å². The molecule has 152 valence electrons. The van der Waals surface area contributed by atoms with Crippen molar-refractivity contribution in [2.75, 3.05) is 6.61 Å². The number of amides is 2. The standard InChI is InChI=1S/C19H19Cl2N5O3/c1-10(27)24-25-19(28)18-15(12-5-6-13(20)16(21)17(12)23-18)11-8-22-26(9-11)14-4-2-3-7-29-14/h5-6,8-9,14,23H,2-4,7H2,1H3,(H,24,27)(H,25,28). The number of carbonyl (C=O) groups excluding carboxylic acids is 2. The zero-order chi connectivity index (χ0) is 20.5. The third kappa shape index (κ3) is 3.83. The number of aromatic nitrogens is 3. The number of benzene rings is 1. The van der Waals surface area contributed by atoms with Gasteiger partial charge in [-0.1, -0.05) is 29.3 Å². The van der Waals surface area contributed by atoms with Gasteiger partial charge in [0.2, 0.25) is 5.91 Å². The lowest BCUT2D eigenvalue weighted by atomic mass is 10.0. The zero-order valence-electron chi connectivity index (χ0n) is 15.6. The molecule has 1 saturated heterocycles. The Labute approximate surface area is 176 Å². The quantitative estimate of drug-likeness (QED) is 0.544. The fourth-order valence-corrected chi connectivity index (χ4v) is 3.81. The molecule has 0 bridgehead atoms. The minimum absolute atomic E-state index is 0.127. The van der Waals surface area contributed by atoms with Gasteiger partial charge < -0.3 is 9.72 Å². The number of carbonyl (C=O) groups is 2. The Kier molecular flexibility index (Phi) is 5.49. The van der Waals surface area contributed by atoms with Crippen molar-refractivity contribution in [1.29, 1.82) is 0 Å². The molecule has 0 aliphatic carbocycles. The van der Waals surface area contributed by atoms with Gasteiger partial charge in [-0.05, 0) is 25.3 Å². The van der Waals surface area contributed by atoms with Crippen LogP contribution in [0.2, 0.25) is 10.0 Å². The Morgan fingerprint density at radius 1 is 1.28 bits per heavy atom. The molecule has 3 aromatic rings. The molecule has 29 heavy (non-hydrogen) atoms. The number of nitrogens with zero attached hydrogens (tertiary/aromatic N) is 2. The van der Waals surface area contributed by atoms with E-state index in [-0.39, 0.29) is 17.8 Å². The first-order chi connectivity index (χ1) is 14.0. The van der Waals surface area contributed by atoms with E-state index in [0.717, 1.165) is 30.2 Å². The summed E-state index contributed by atoms with van der Waals surface area (Å²) in [7, 11) is 0. The number of halogens is 2. The van der Waals surface area contributed by atoms with Crippen molar-refractivity contribution in [2.24, 2.45) is 0 Å². The Morgan fingerprint density at radius 2 is 2.10 bits per heavy atom. The number of fused-ring (bicyclic) bond motifs is 1. The lowest BCUT2D eigenvalue weighted by Gasteiger charge is -2.22. The van der Waals surface area contributed by atoms with Crippen LogP contribution in [0.1, 0.15) is 42.9 Å². The lowest BCUT2D eigenvalue weighted by Crippen LogP contribution is -2.40. The molecule has 10 heteroatoms. The SMILES string of the molecule is CC(=O)NNC(=O)c1[nH]c2c(Cl)c(Cl)ccc2c1-c1cnn(C2CCCCO2)c1. The number of ether oxygens (including phenoxy) is 1. The third-order valence-corrected chi connectivity index (χ3v) is 5.59. The van der Waals surface area contributed by atoms with Crippen LogP contribution < -0.4 is 10.9 Å². The third-order valence-electron chi connectivity index (χ3n) is 4.78. The first kappa shape index (κ1) is 19.8. The fourth-order valence-electron chi connectivity index (χ4n) is 3.44. The van der Waals surface area contributed by atoms with Gasteiger partial charge >= 0.3 is 0 Å². The van der Waals surface area contributed by atoms with Crippen LogP contribution in [0.25, 0.3) is 22.0 Å². The van der Waals surface area contributed by atoms with E-state index in [1.165, 1.54) is 6.92 Å². The summed E-state index contributed by atoms with van der Waals surface area (Å²) in [5.74, 6) is -0.903. The lowest BCUT2D eigenvalue weighted by molar-refractivity contribution is -0.119. The van der Waals surface area contributed by atoms with Gasteiger partial charge in [-0.3, -0.25) is 20.4 Å². The van der Waals surface area contributed by atoms with E-state index in [2.05, 4.69) is 20.9 Å². The van der Waals surface area contributed by atoms with Crippen LogP contribution in [0, 0.1) is 0 Å². The minimum Gasteiger partial charge on any atom is -0.357 e. The monoisotopic (exact) mass is 435 g/mol. The summed E-state index contributed by atoms with van der Waals surface area (Å²) in [6.07, 6.45) is 6.39. The molecular formula is C19H19Cl2N5O3. The van der Waals surface area contributed by atoms with Crippen molar-refractivity contribution in [2.45, 2.75) is 32.4 Å². The summed E-state index contributed by atoms with van der Waals surface area (Å²) in [5, 5.41) is 5.83. The predicted octanol–water partition coefficient (Wildman–Crippen LogP) is 3.82. The average Bonchev–Trinajstić information content (AvgIpc) is 3.34. The normalized spacial score (nSPS) is 16.7. The first-order valence-electron chi connectivity index (χ1n) is 9.18. The molecule has 1 atom stereocenters. The molecule has 1 aliphatic heterocycles.